The first-order chi connectivity index (χ1) is 12.0. The van der Waals surface area contributed by atoms with E-state index in [1.54, 1.807) is 18.2 Å². The first kappa shape index (κ1) is 16.6. The van der Waals surface area contributed by atoms with Crippen LogP contribution in [0.25, 0.3) is 10.8 Å². The molecule has 2 saturated heterocycles. The maximum Gasteiger partial charge on any atom is 0.289 e. The Hall–Kier alpha value is -1.90. The molecule has 2 aliphatic rings. The van der Waals surface area contributed by atoms with Gasteiger partial charge in [0.1, 0.15) is 0 Å². The van der Waals surface area contributed by atoms with Crippen molar-refractivity contribution < 1.29 is 18.0 Å². The lowest BCUT2D eigenvalue weighted by Gasteiger charge is -2.22. The number of rotatable bonds is 3. The van der Waals surface area contributed by atoms with Gasteiger partial charge >= 0.3 is 0 Å². The molecule has 0 saturated carbocycles. The fraction of sp³-hybridized carbons (Fsp3) is 0.294. The molecule has 0 aliphatic carbocycles. The summed E-state index contributed by atoms with van der Waals surface area (Å²) < 4.78 is 27.6. The Morgan fingerprint density at radius 2 is 1.80 bits per heavy atom. The molecule has 6 nitrogen and oxygen atoms in total. The van der Waals surface area contributed by atoms with Crippen molar-refractivity contribution >= 4 is 43.7 Å². The summed E-state index contributed by atoms with van der Waals surface area (Å²) in [4.78, 5) is 25.3. The zero-order valence-electron chi connectivity index (χ0n) is 13.3. The smallest absolute Gasteiger partial charge is 0.273 e. The van der Waals surface area contributed by atoms with Crippen LogP contribution >= 0.6 is 11.8 Å². The second-order valence-corrected chi connectivity index (χ2v) is 8.93. The molecule has 2 aliphatic heterocycles. The van der Waals surface area contributed by atoms with Crippen molar-refractivity contribution in [3.05, 3.63) is 42.5 Å². The fourth-order valence-corrected chi connectivity index (χ4v) is 5.90. The Morgan fingerprint density at radius 3 is 2.56 bits per heavy atom. The van der Waals surface area contributed by atoms with E-state index in [4.69, 9.17) is 0 Å². The Morgan fingerprint density at radius 1 is 1.04 bits per heavy atom. The normalized spacial score (nSPS) is 22.2. The number of hydrogen-bond acceptors (Lipinski definition) is 5. The predicted molar refractivity (Wildman–Crippen MR) is 95.8 cm³/mol. The molecule has 4 rings (SSSR count). The highest BCUT2D eigenvalue weighted by Crippen LogP contribution is 2.31. The number of nitrogens with zero attached hydrogens (tertiary/aromatic N) is 2. The molecule has 0 spiro atoms. The number of imide groups is 1. The molecule has 0 bridgehead atoms. The number of benzene rings is 2. The number of amides is 2. The molecule has 2 aromatic carbocycles. The Balaban J connectivity index is 1.65. The van der Waals surface area contributed by atoms with E-state index in [2.05, 4.69) is 0 Å². The summed E-state index contributed by atoms with van der Waals surface area (Å²) in [6, 6.07) is 12.2. The van der Waals surface area contributed by atoms with Gasteiger partial charge < -0.3 is 0 Å². The number of hydrogen-bond donors (Lipinski definition) is 0. The van der Waals surface area contributed by atoms with E-state index in [1.165, 1.54) is 9.21 Å². The summed E-state index contributed by atoms with van der Waals surface area (Å²) in [6.45, 7) is 0.460. The average Bonchev–Trinajstić information content (AvgIpc) is 3.21. The zero-order chi connectivity index (χ0) is 17.6. The van der Waals surface area contributed by atoms with Gasteiger partial charge in [0.05, 0.1) is 16.7 Å². The Kier molecular flexibility index (Phi) is 4.05. The second kappa shape index (κ2) is 6.12. The van der Waals surface area contributed by atoms with Crippen LogP contribution in [0.3, 0.4) is 0 Å². The summed E-state index contributed by atoms with van der Waals surface area (Å²) in [7, 11) is -3.69. The molecule has 2 amide bonds. The molecule has 0 N–H and O–H groups in total. The summed E-state index contributed by atoms with van der Waals surface area (Å²) in [6.07, 6.45) is 0.474. The van der Waals surface area contributed by atoms with Gasteiger partial charge in [-0.15, -0.1) is 0 Å². The average molecular weight is 376 g/mol. The van der Waals surface area contributed by atoms with Gasteiger partial charge in [0.15, 0.2) is 0 Å². The van der Waals surface area contributed by atoms with Gasteiger partial charge in [-0.25, -0.2) is 8.42 Å². The SMILES string of the molecule is O=C1CSC(=O)N1C1CCN(S(=O)(=O)c2cccc3ccccc23)C1. The summed E-state index contributed by atoms with van der Waals surface area (Å²) >= 11 is 0.977. The van der Waals surface area contributed by atoms with Crippen LogP contribution in [0.2, 0.25) is 0 Å². The van der Waals surface area contributed by atoms with E-state index in [0.29, 0.717) is 18.4 Å². The highest BCUT2D eigenvalue weighted by atomic mass is 32.2. The van der Waals surface area contributed by atoms with Crippen LogP contribution in [-0.4, -0.2) is 53.7 Å². The standard InChI is InChI=1S/C17H16N2O4S2/c20-16-11-24-17(21)19(16)13-8-9-18(10-13)25(22,23)15-7-3-5-12-4-1-2-6-14(12)15/h1-7,13H,8-11H2. The van der Waals surface area contributed by atoms with Gasteiger partial charge in [0.25, 0.3) is 5.24 Å². The van der Waals surface area contributed by atoms with Gasteiger partial charge in [-0.05, 0) is 17.9 Å². The molecule has 2 heterocycles. The lowest BCUT2D eigenvalue weighted by Crippen LogP contribution is -2.41. The van der Waals surface area contributed by atoms with Crippen molar-refractivity contribution in [2.24, 2.45) is 0 Å². The summed E-state index contributed by atoms with van der Waals surface area (Å²) in [5.41, 5.74) is 0. The predicted octanol–water partition coefficient (Wildman–Crippen LogP) is 2.30. The molecule has 1 unspecified atom stereocenters. The maximum atomic E-state index is 13.1. The Labute approximate surface area is 149 Å². The second-order valence-electron chi connectivity index (χ2n) is 6.10. The van der Waals surface area contributed by atoms with E-state index in [9.17, 15) is 18.0 Å². The molecule has 2 fully saturated rings. The molecule has 0 aromatic heterocycles. The minimum Gasteiger partial charge on any atom is -0.273 e. The van der Waals surface area contributed by atoms with Gasteiger partial charge in [0, 0.05) is 18.5 Å². The van der Waals surface area contributed by atoms with E-state index >= 15 is 0 Å². The summed E-state index contributed by atoms with van der Waals surface area (Å²) in [5, 5.41) is 1.26. The highest BCUT2D eigenvalue weighted by molar-refractivity contribution is 8.14. The van der Waals surface area contributed by atoms with Crippen molar-refractivity contribution in [1.29, 1.82) is 0 Å². The van der Waals surface area contributed by atoms with Crippen molar-refractivity contribution in [1.82, 2.24) is 9.21 Å². The molecular formula is C17H16N2O4S2. The molecule has 0 radical (unpaired) electrons. The zero-order valence-corrected chi connectivity index (χ0v) is 14.9. The van der Waals surface area contributed by atoms with Crippen LogP contribution in [0.15, 0.2) is 47.4 Å². The van der Waals surface area contributed by atoms with Gasteiger partial charge in [-0.2, -0.15) is 4.31 Å². The number of carbonyl (C=O) groups is 2. The third kappa shape index (κ3) is 2.74. The largest absolute Gasteiger partial charge is 0.289 e. The highest BCUT2D eigenvalue weighted by Gasteiger charge is 2.42. The Bertz CT molecular complexity index is 952. The third-order valence-corrected chi connectivity index (χ3v) is 7.40. The first-order valence-electron chi connectivity index (χ1n) is 7.95. The third-order valence-electron chi connectivity index (χ3n) is 4.64. The fourth-order valence-electron chi connectivity index (χ4n) is 3.42. The topological polar surface area (TPSA) is 74.8 Å². The van der Waals surface area contributed by atoms with Crippen molar-refractivity contribution in [2.75, 3.05) is 18.8 Å². The maximum absolute atomic E-state index is 13.1. The van der Waals surface area contributed by atoms with Crippen LogP contribution in [-0.2, 0) is 14.8 Å². The molecule has 8 heteroatoms. The van der Waals surface area contributed by atoms with Gasteiger partial charge in [-0.3, -0.25) is 14.5 Å². The summed E-state index contributed by atoms with van der Waals surface area (Å²) in [5.74, 6) is -0.0878. The number of carbonyl (C=O) groups excluding carboxylic acids is 2. The van der Waals surface area contributed by atoms with Gasteiger partial charge in [0.2, 0.25) is 15.9 Å². The molecule has 25 heavy (non-hydrogen) atoms. The quantitative estimate of drug-likeness (QED) is 0.822. The monoisotopic (exact) mass is 376 g/mol. The van der Waals surface area contributed by atoms with Crippen molar-refractivity contribution in [3.63, 3.8) is 0 Å². The van der Waals surface area contributed by atoms with E-state index in [-0.39, 0.29) is 34.4 Å². The number of thioether (sulfide) groups is 1. The molecule has 130 valence electrons. The van der Waals surface area contributed by atoms with Crippen LogP contribution in [0.5, 0.6) is 0 Å². The van der Waals surface area contributed by atoms with E-state index in [1.807, 2.05) is 24.3 Å². The van der Waals surface area contributed by atoms with Crippen LogP contribution < -0.4 is 0 Å². The lowest BCUT2D eigenvalue weighted by molar-refractivity contribution is -0.126. The molecule has 2 aromatic rings. The molecular weight excluding hydrogens is 360 g/mol. The van der Waals surface area contributed by atoms with Gasteiger partial charge in [-0.1, -0.05) is 48.2 Å². The van der Waals surface area contributed by atoms with E-state index < -0.39 is 10.0 Å². The van der Waals surface area contributed by atoms with Crippen molar-refractivity contribution in [2.45, 2.75) is 17.4 Å². The van der Waals surface area contributed by atoms with Crippen LogP contribution in [0.1, 0.15) is 6.42 Å². The van der Waals surface area contributed by atoms with Crippen LogP contribution in [0, 0.1) is 0 Å². The minimum absolute atomic E-state index is 0.144. The van der Waals surface area contributed by atoms with Crippen LogP contribution in [0.4, 0.5) is 4.79 Å². The first-order valence-corrected chi connectivity index (χ1v) is 10.4. The number of sulfonamides is 1. The van der Waals surface area contributed by atoms with Crippen molar-refractivity contribution in [3.8, 4) is 0 Å². The minimum atomic E-state index is -3.69. The number of fused-ring (bicyclic) bond motifs is 1. The molecule has 1 atom stereocenters. The van der Waals surface area contributed by atoms with E-state index in [0.717, 1.165) is 17.1 Å². The lowest BCUT2D eigenvalue weighted by atomic mass is 10.1.